The van der Waals surface area contributed by atoms with Gasteiger partial charge in [0.15, 0.2) is 0 Å². The highest BCUT2D eigenvalue weighted by Gasteiger charge is 2.35. The smallest absolute Gasteiger partial charge is 0.257 e. The Hall–Kier alpha value is -1.71. The Morgan fingerprint density at radius 3 is 2.64 bits per heavy atom. The average molecular weight is 447 g/mol. The molecule has 1 heterocycles. The second-order valence-corrected chi connectivity index (χ2v) is 9.02. The number of hydrogen-bond donors (Lipinski definition) is 2. The molecule has 2 aromatic rings. The molecule has 150 valence electrons. The molecule has 0 saturated carbocycles. The van der Waals surface area contributed by atoms with Gasteiger partial charge in [-0.05, 0) is 49.2 Å². The molecule has 0 bridgehead atoms. The second kappa shape index (κ2) is 8.34. The summed E-state index contributed by atoms with van der Waals surface area (Å²) in [4.78, 5) is 12.5. The number of carbonyl (C=O) groups excluding carboxylic acids is 1. The lowest BCUT2D eigenvalue weighted by molar-refractivity contribution is 0.102. The summed E-state index contributed by atoms with van der Waals surface area (Å²) >= 11 is 11.8. The number of hydrogen-bond acceptors (Lipinski definition) is 4. The summed E-state index contributed by atoms with van der Waals surface area (Å²) in [5.74, 6) is -1.29. The molecule has 1 aliphatic heterocycles. The van der Waals surface area contributed by atoms with Crippen LogP contribution in [0.4, 0.5) is 10.1 Å². The van der Waals surface area contributed by atoms with Crippen LogP contribution < -0.4 is 5.32 Å². The Balaban J connectivity index is 1.90. The molecule has 1 aliphatic rings. The SMILES string of the molecule is O=C(Nc1ccc(F)c(Cl)c1)c1cc(S(=O)(=O)N2CCCC2CO)ccc1Cl. The van der Waals surface area contributed by atoms with Crippen molar-refractivity contribution in [2.75, 3.05) is 18.5 Å². The molecule has 0 radical (unpaired) electrons. The normalized spacial score (nSPS) is 17.6. The van der Waals surface area contributed by atoms with Crippen LogP contribution in [-0.4, -0.2) is 42.9 Å². The molecule has 0 spiro atoms. The minimum Gasteiger partial charge on any atom is -0.395 e. The number of nitrogens with zero attached hydrogens (tertiary/aromatic N) is 1. The number of amides is 1. The van der Waals surface area contributed by atoms with Gasteiger partial charge in [0.25, 0.3) is 5.91 Å². The van der Waals surface area contributed by atoms with E-state index in [1.807, 2.05) is 0 Å². The molecule has 1 fully saturated rings. The van der Waals surface area contributed by atoms with E-state index in [-0.39, 0.29) is 32.8 Å². The monoisotopic (exact) mass is 446 g/mol. The van der Waals surface area contributed by atoms with Gasteiger partial charge in [-0.3, -0.25) is 4.79 Å². The van der Waals surface area contributed by atoms with Gasteiger partial charge in [0.05, 0.1) is 27.1 Å². The van der Waals surface area contributed by atoms with Gasteiger partial charge in [-0.1, -0.05) is 23.2 Å². The van der Waals surface area contributed by atoms with E-state index in [0.29, 0.717) is 19.4 Å². The number of nitrogens with one attached hydrogen (secondary N) is 1. The van der Waals surface area contributed by atoms with Crippen molar-refractivity contribution in [2.45, 2.75) is 23.8 Å². The molecule has 1 atom stereocenters. The van der Waals surface area contributed by atoms with Crippen LogP contribution in [0.5, 0.6) is 0 Å². The third kappa shape index (κ3) is 4.16. The molecular formula is C18H17Cl2FN2O4S. The minimum atomic E-state index is -3.89. The van der Waals surface area contributed by atoms with Gasteiger partial charge in [-0.15, -0.1) is 0 Å². The number of aliphatic hydroxyl groups is 1. The largest absolute Gasteiger partial charge is 0.395 e. The van der Waals surface area contributed by atoms with Crippen molar-refractivity contribution in [1.29, 1.82) is 0 Å². The standard InChI is InChI=1S/C18H17Cl2FN2O4S/c19-15-5-4-13(28(26,27)23-7-1-2-12(23)10-24)9-14(15)18(25)22-11-3-6-17(21)16(20)8-11/h3-6,8-9,12,24H,1-2,7,10H2,(H,22,25). The molecule has 2 N–H and O–H groups in total. The number of anilines is 1. The molecule has 1 saturated heterocycles. The van der Waals surface area contributed by atoms with Crippen molar-refractivity contribution in [3.05, 3.63) is 57.8 Å². The maximum absolute atomic E-state index is 13.3. The zero-order chi connectivity index (χ0) is 20.5. The predicted molar refractivity (Wildman–Crippen MR) is 105 cm³/mol. The molecule has 0 aromatic heterocycles. The Morgan fingerprint density at radius 2 is 1.96 bits per heavy atom. The maximum atomic E-state index is 13.3. The average Bonchev–Trinajstić information content (AvgIpc) is 3.14. The molecular weight excluding hydrogens is 430 g/mol. The van der Waals surface area contributed by atoms with Crippen molar-refractivity contribution in [1.82, 2.24) is 4.31 Å². The summed E-state index contributed by atoms with van der Waals surface area (Å²) < 4.78 is 40.3. The van der Waals surface area contributed by atoms with E-state index < -0.39 is 27.8 Å². The van der Waals surface area contributed by atoms with Gasteiger partial charge in [-0.2, -0.15) is 4.31 Å². The molecule has 1 unspecified atom stereocenters. The van der Waals surface area contributed by atoms with Gasteiger partial charge >= 0.3 is 0 Å². The van der Waals surface area contributed by atoms with Gasteiger partial charge in [0, 0.05) is 18.3 Å². The van der Waals surface area contributed by atoms with Crippen molar-refractivity contribution in [3.8, 4) is 0 Å². The van der Waals surface area contributed by atoms with Crippen LogP contribution in [0.1, 0.15) is 23.2 Å². The van der Waals surface area contributed by atoms with Crippen molar-refractivity contribution in [3.63, 3.8) is 0 Å². The number of aliphatic hydroxyl groups excluding tert-OH is 1. The van der Waals surface area contributed by atoms with E-state index in [0.717, 1.165) is 6.07 Å². The summed E-state index contributed by atoms with van der Waals surface area (Å²) in [6.45, 7) is 0.0251. The van der Waals surface area contributed by atoms with Crippen LogP contribution in [0, 0.1) is 5.82 Å². The highest BCUT2D eigenvalue weighted by Crippen LogP contribution is 2.29. The van der Waals surface area contributed by atoms with Crippen LogP contribution in [-0.2, 0) is 10.0 Å². The van der Waals surface area contributed by atoms with Crippen LogP contribution in [0.15, 0.2) is 41.3 Å². The predicted octanol–water partition coefficient (Wildman–Crippen LogP) is 3.53. The Kier molecular flexibility index (Phi) is 6.26. The molecule has 10 heteroatoms. The third-order valence-electron chi connectivity index (χ3n) is 4.50. The quantitative estimate of drug-likeness (QED) is 0.735. The summed E-state index contributed by atoms with van der Waals surface area (Å²) in [6.07, 6.45) is 1.22. The molecule has 3 rings (SSSR count). The molecule has 0 aliphatic carbocycles. The van der Waals surface area contributed by atoms with Crippen molar-refractivity contribution < 1.29 is 22.7 Å². The number of carbonyl (C=O) groups is 1. The first-order valence-corrected chi connectivity index (χ1v) is 10.6. The Bertz CT molecular complexity index is 1020. The van der Waals surface area contributed by atoms with Crippen molar-refractivity contribution >= 4 is 44.8 Å². The van der Waals surface area contributed by atoms with Crippen LogP contribution in [0.3, 0.4) is 0 Å². The summed E-state index contributed by atoms with van der Waals surface area (Å²) in [5, 5.41) is 11.8. The lowest BCUT2D eigenvalue weighted by Gasteiger charge is -2.22. The fourth-order valence-corrected chi connectivity index (χ4v) is 5.15. The number of rotatable bonds is 5. The number of benzene rings is 2. The van der Waals surface area contributed by atoms with Crippen LogP contribution in [0.25, 0.3) is 0 Å². The van der Waals surface area contributed by atoms with E-state index >= 15 is 0 Å². The Labute approximate surface area is 171 Å². The number of sulfonamides is 1. The molecule has 6 nitrogen and oxygen atoms in total. The van der Waals surface area contributed by atoms with E-state index in [1.165, 1.54) is 34.6 Å². The highest BCUT2D eigenvalue weighted by molar-refractivity contribution is 7.89. The van der Waals surface area contributed by atoms with Gasteiger partial charge in [0.2, 0.25) is 10.0 Å². The van der Waals surface area contributed by atoms with E-state index in [1.54, 1.807) is 0 Å². The minimum absolute atomic E-state index is 0.0528. The van der Waals surface area contributed by atoms with Gasteiger partial charge < -0.3 is 10.4 Å². The second-order valence-electron chi connectivity index (χ2n) is 6.32. The van der Waals surface area contributed by atoms with E-state index in [9.17, 15) is 22.7 Å². The summed E-state index contributed by atoms with van der Waals surface area (Å²) in [6, 6.07) is 7.00. The molecule has 1 amide bonds. The zero-order valence-electron chi connectivity index (χ0n) is 14.5. The first-order valence-electron chi connectivity index (χ1n) is 8.42. The van der Waals surface area contributed by atoms with Crippen LogP contribution >= 0.6 is 23.2 Å². The van der Waals surface area contributed by atoms with Gasteiger partial charge in [-0.25, -0.2) is 12.8 Å². The number of halogens is 3. The Morgan fingerprint density at radius 1 is 1.21 bits per heavy atom. The van der Waals surface area contributed by atoms with E-state index in [2.05, 4.69) is 5.32 Å². The van der Waals surface area contributed by atoms with Gasteiger partial charge in [0.1, 0.15) is 5.82 Å². The fraction of sp³-hybridized carbons (Fsp3) is 0.278. The van der Waals surface area contributed by atoms with Crippen molar-refractivity contribution in [2.24, 2.45) is 0 Å². The lowest BCUT2D eigenvalue weighted by Crippen LogP contribution is -2.37. The van der Waals surface area contributed by atoms with E-state index in [4.69, 9.17) is 23.2 Å². The molecule has 28 heavy (non-hydrogen) atoms. The van der Waals surface area contributed by atoms with Crippen LogP contribution in [0.2, 0.25) is 10.0 Å². The molecule has 2 aromatic carbocycles. The fourth-order valence-electron chi connectivity index (χ4n) is 3.05. The first-order chi connectivity index (χ1) is 13.2. The summed E-state index contributed by atoms with van der Waals surface area (Å²) in [5.41, 5.74) is 0.184. The summed E-state index contributed by atoms with van der Waals surface area (Å²) in [7, 11) is -3.89. The zero-order valence-corrected chi connectivity index (χ0v) is 16.9. The lowest BCUT2D eigenvalue weighted by atomic mass is 10.2. The maximum Gasteiger partial charge on any atom is 0.257 e. The highest BCUT2D eigenvalue weighted by atomic mass is 35.5. The third-order valence-corrected chi connectivity index (χ3v) is 7.07. The first kappa shape index (κ1) is 21.0. The topological polar surface area (TPSA) is 86.7 Å².